The fraction of sp³-hybridized carbons (Fsp3) is 0.667. The number of rotatable bonds is 7. The minimum atomic E-state index is 0.620. The van der Waals surface area contributed by atoms with Gasteiger partial charge in [0.25, 0.3) is 0 Å². The van der Waals surface area contributed by atoms with Crippen LogP contribution < -0.4 is 0 Å². The fourth-order valence-electron chi connectivity index (χ4n) is 7.39. The average Bonchev–Trinajstić information content (AvgIpc) is 3.55. The highest BCUT2D eigenvalue weighted by Gasteiger charge is 2.31. The third-order valence-electron chi connectivity index (χ3n) is 8.79. The topological polar surface area (TPSA) is 25.8 Å². The lowest BCUT2D eigenvalue weighted by molar-refractivity contribution is 0.464. The van der Waals surface area contributed by atoms with Crippen LogP contribution in [0.4, 0.5) is 0 Å². The molecule has 3 heteroatoms. The zero-order chi connectivity index (χ0) is 22.5. The zero-order valence-electron chi connectivity index (χ0n) is 20.9. The molecule has 6 rings (SSSR count). The van der Waals surface area contributed by atoms with Crippen molar-refractivity contribution in [3.8, 4) is 0 Å². The smallest absolute Gasteiger partial charge is 0.100 e. The van der Waals surface area contributed by atoms with Gasteiger partial charge in [0.2, 0.25) is 0 Å². The van der Waals surface area contributed by atoms with Crippen molar-refractivity contribution >= 4 is 11.8 Å². The van der Waals surface area contributed by atoms with Crippen LogP contribution in [-0.2, 0) is 51.4 Å². The van der Waals surface area contributed by atoms with Gasteiger partial charge < -0.3 is 0 Å². The van der Waals surface area contributed by atoms with Crippen LogP contribution in [0.5, 0.6) is 0 Å². The van der Waals surface area contributed by atoms with Gasteiger partial charge in [0.05, 0.1) is 0 Å². The summed E-state index contributed by atoms with van der Waals surface area (Å²) in [6.45, 7) is 7.12. The predicted octanol–water partition coefficient (Wildman–Crippen LogP) is 7.13. The third-order valence-corrected chi connectivity index (χ3v) is 9.82. The van der Waals surface area contributed by atoms with Gasteiger partial charge in [0.1, 0.15) is 5.03 Å². The molecule has 0 radical (unpaired) electrons. The molecule has 33 heavy (non-hydrogen) atoms. The molecule has 0 bridgehead atoms. The Bertz CT molecular complexity index is 1040. The van der Waals surface area contributed by atoms with Crippen molar-refractivity contribution in [2.45, 2.75) is 127 Å². The second kappa shape index (κ2) is 9.02. The van der Waals surface area contributed by atoms with E-state index in [0.717, 1.165) is 5.92 Å². The molecule has 0 saturated heterocycles. The van der Waals surface area contributed by atoms with E-state index in [1.165, 1.54) is 112 Å². The van der Waals surface area contributed by atoms with Gasteiger partial charge in [0.15, 0.2) is 0 Å². The van der Waals surface area contributed by atoms with E-state index in [-0.39, 0.29) is 0 Å². The molecule has 2 aromatic heterocycles. The highest BCUT2D eigenvalue weighted by molar-refractivity contribution is 7.99. The molecule has 0 N–H and O–H groups in total. The Labute approximate surface area is 204 Å². The molecule has 2 atom stereocenters. The maximum absolute atomic E-state index is 5.24. The molecule has 176 valence electrons. The zero-order valence-corrected chi connectivity index (χ0v) is 21.8. The number of aromatic nitrogens is 2. The third kappa shape index (κ3) is 4.07. The predicted molar refractivity (Wildman–Crippen MR) is 139 cm³/mol. The van der Waals surface area contributed by atoms with E-state index in [2.05, 4.69) is 20.8 Å². The lowest BCUT2D eigenvalue weighted by atomic mass is 9.85. The van der Waals surface area contributed by atoms with Gasteiger partial charge in [-0.25, -0.2) is 4.98 Å². The molecule has 2 nitrogen and oxygen atoms in total. The van der Waals surface area contributed by atoms with E-state index in [4.69, 9.17) is 9.97 Å². The fourth-order valence-corrected chi connectivity index (χ4v) is 8.37. The van der Waals surface area contributed by atoms with Gasteiger partial charge in [-0.1, -0.05) is 27.2 Å². The van der Waals surface area contributed by atoms with Crippen LogP contribution in [0.2, 0.25) is 0 Å². The van der Waals surface area contributed by atoms with Crippen LogP contribution in [0, 0.1) is 5.92 Å². The van der Waals surface area contributed by atoms with Gasteiger partial charge in [-0.15, -0.1) is 11.8 Å². The summed E-state index contributed by atoms with van der Waals surface area (Å²) in [7, 11) is 0. The van der Waals surface area contributed by atoms with Crippen LogP contribution in [-0.4, -0.2) is 15.2 Å². The number of hydrogen-bond donors (Lipinski definition) is 0. The molecule has 4 aliphatic rings. The monoisotopic (exact) mass is 460 g/mol. The molecule has 0 fully saturated rings. The van der Waals surface area contributed by atoms with Crippen LogP contribution in [0.15, 0.2) is 5.03 Å². The Hall–Kier alpha value is -1.35. The Balaban J connectivity index is 1.13. The van der Waals surface area contributed by atoms with E-state index in [1.807, 2.05) is 11.8 Å². The van der Waals surface area contributed by atoms with Crippen LogP contribution in [0.3, 0.4) is 0 Å². The molecule has 2 aromatic rings. The molecular weight excluding hydrogens is 420 g/mol. The molecule has 0 aromatic carbocycles. The number of thioether (sulfide) groups is 1. The maximum Gasteiger partial charge on any atom is 0.100 e. The Morgan fingerprint density at radius 2 is 1.39 bits per heavy atom. The van der Waals surface area contributed by atoms with Gasteiger partial charge in [-0.2, -0.15) is 0 Å². The first-order valence-electron chi connectivity index (χ1n) is 13.8. The summed E-state index contributed by atoms with van der Waals surface area (Å²) in [5.41, 5.74) is 14.4. The minimum Gasteiger partial charge on any atom is -0.257 e. The highest BCUT2D eigenvalue weighted by atomic mass is 32.2. The Kier molecular flexibility index (Phi) is 6.05. The van der Waals surface area contributed by atoms with E-state index in [9.17, 15) is 0 Å². The normalized spacial score (nSPS) is 21.4. The van der Waals surface area contributed by atoms with Crippen molar-refractivity contribution in [1.82, 2.24) is 9.97 Å². The molecule has 0 amide bonds. The van der Waals surface area contributed by atoms with Crippen molar-refractivity contribution in [2.24, 2.45) is 5.92 Å². The van der Waals surface area contributed by atoms with E-state index in [0.29, 0.717) is 11.2 Å². The standard InChI is InChI=1S/C30H40N2S/c1-18(2)33-30-22-11-5-10-21(22)25-16-20(17-28(25)32-30)9-4-8-19(3)29-23-12-6-14-26(23)31-27-15-7-13-24(27)29/h18-20H,4-17H2,1-3H3. The summed E-state index contributed by atoms with van der Waals surface area (Å²) in [5.74, 6) is 1.52. The number of aryl methyl sites for hydroxylation is 2. The van der Waals surface area contributed by atoms with Gasteiger partial charge in [-0.05, 0) is 129 Å². The summed E-state index contributed by atoms with van der Waals surface area (Å²) in [6.07, 6.45) is 18.1. The summed E-state index contributed by atoms with van der Waals surface area (Å²) >= 11 is 1.99. The van der Waals surface area contributed by atoms with E-state index < -0.39 is 0 Å². The van der Waals surface area contributed by atoms with Crippen molar-refractivity contribution in [3.63, 3.8) is 0 Å². The van der Waals surface area contributed by atoms with Crippen molar-refractivity contribution < 1.29 is 0 Å². The number of nitrogens with zero attached hydrogens (tertiary/aromatic N) is 2. The molecule has 0 spiro atoms. The summed E-state index contributed by atoms with van der Waals surface area (Å²) in [6, 6.07) is 0. The number of fused-ring (bicyclic) bond motifs is 5. The van der Waals surface area contributed by atoms with E-state index >= 15 is 0 Å². The van der Waals surface area contributed by atoms with Gasteiger partial charge in [0, 0.05) is 22.3 Å². The first-order valence-corrected chi connectivity index (χ1v) is 14.7. The molecular formula is C30H40N2S. The van der Waals surface area contributed by atoms with Crippen LogP contribution in [0.25, 0.3) is 0 Å². The first-order chi connectivity index (χ1) is 16.1. The second-order valence-electron chi connectivity index (χ2n) is 11.5. The molecule has 4 aliphatic carbocycles. The number of hydrogen-bond acceptors (Lipinski definition) is 3. The quantitative estimate of drug-likeness (QED) is 0.411. The number of pyridine rings is 2. The second-order valence-corrected chi connectivity index (χ2v) is 13.1. The maximum atomic E-state index is 5.24. The summed E-state index contributed by atoms with van der Waals surface area (Å²) in [4.78, 5) is 10.3. The minimum absolute atomic E-state index is 0.620. The lowest BCUT2D eigenvalue weighted by Gasteiger charge is -2.21. The van der Waals surface area contributed by atoms with Crippen molar-refractivity contribution in [3.05, 3.63) is 50.5 Å². The average molecular weight is 461 g/mol. The van der Waals surface area contributed by atoms with Gasteiger partial charge in [-0.3, -0.25) is 4.98 Å². The molecule has 2 unspecified atom stereocenters. The van der Waals surface area contributed by atoms with Crippen LogP contribution in [0.1, 0.15) is 116 Å². The van der Waals surface area contributed by atoms with Crippen molar-refractivity contribution in [1.29, 1.82) is 0 Å². The largest absolute Gasteiger partial charge is 0.257 e. The van der Waals surface area contributed by atoms with Crippen LogP contribution >= 0.6 is 11.8 Å². The highest BCUT2D eigenvalue weighted by Crippen LogP contribution is 2.42. The van der Waals surface area contributed by atoms with E-state index in [1.54, 1.807) is 33.4 Å². The molecule has 0 saturated carbocycles. The molecule has 0 aliphatic heterocycles. The van der Waals surface area contributed by atoms with Gasteiger partial charge >= 0.3 is 0 Å². The summed E-state index contributed by atoms with van der Waals surface area (Å²) in [5, 5.41) is 1.99. The lowest BCUT2D eigenvalue weighted by Crippen LogP contribution is -2.08. The van der Waals surface area contributed by atoms with Crippen molar-refractivity contribution in [2.75, 3.05) is 0 Å². The SMILES string of the molecule is CC(C)Sc1nc2c(c3c1CCC3)CC(CCCC(C)c1c3c(nc4c1CCC4)CCC3)C2. The molecule has 2 heterocycles. The summed E-state index contributed by atoms with van der Waals surface area (Å²) < 4.78 is 0. The first kappa shape index (κ1) is 22.1. The Morgan fingerprint density at radius 1 is 0.727 bits per heavy atom. The Morgan fingerprint density at radius 3 is 2.12 bits per heavy atom.